The molecule has 0 bridgehead atoms. The van der Waals surface area contributed by atoms with Gasteiger partial charge in [-0.05, 0) is 44.2 Å². The third-order valence-electron chi connectivity index (χ3n) is 4.44. The van der Waals surface area contributed by atoms with Gasteiger partial charge in [0.15, 0.2) is 5.82 Å². The SMILES string of the molecule is CN1CCN(c2nc(CCCO)cn(-c3ccc(F)cc3)c2=O)CC1. The predicted octanol–water partition coefficient (Wildman–Crippen LogP) is 1.05. The van der Waals surface area contributed by atoms with Gasteiger partial charge in [0.25, 0.3) is 5.56 Å². The highest BCUT2D eigenvalue weighted by Gasteiger charge is 2.20. The fourth-order valence-corrected chi connectivity index (χ4v) is 2.93. The number of anilines is 1. The van der Waals surface area contributed by atoms with Gasteiger partial charge in [0.2, 0.25) is 0 Å². The van der Waals surface area contributed by atoms with E-state index >= 15 is 0 Å². The summed E-state index contributed by atoms with van der Waals surface area (Å²) in [5.41, 5.74) is 1.14. The summed E-state index contributed by atoms with van der Waals surface area (Å²) in [6.45, 7) is 3.30. The van der Waals surface area contributed by atoms with Gasteiger partial charge >= 0.3 is 0 Å². The number of aliphatic hydroxyl groups is 1. The fourth-order valence-electron chi connectivity index (χ4n) is 2.93. The number of benzene rings is 1. The van der Waals surface area contributed by atoms with E-state index in [4.69, 9.17) is 5.11 Å². The van der Waals surface area contributed by atoms with Gasteiger partial charge in [-0.3, -0.25) is 9.36 Å². The summed E-state index contributed by atoms with van der Waals surface area (Å²) < 4.78 is 14.7. The van der Waals surface area contributed by atoms with E-state index in [1.54, 1.807) is 18.3 Å². The molecule has 0 radical (unpaired) electrons. The predicted molar refractivity (Wildman–Crippen MR) is 94.9 cm³/mol. The van der Waals surface area contributed by atoms with Gasteiger partial charge in [0.1, 0.15) is 5.82 Å². The summed E-state index contributed by atoms with van der Waals surface area (Å²) in [5.74, 6) is 0.0820. The molecule has 2 heterocycles. The third-order valence-corrected chi connectivity index (χ3v) is 4.44. The van der Waals surface area contributed by atoms with Crippen molar-refractivity contribution in [3.05, 3.63) is 52.3 Å². The number of nitrogens with zero attached hydrogens (tertiary/aromatic N) is 4. The van der Waals surface area contributed by atoms with Crippen molar-refractivity contribution >= 4 is 5.82 Å². The van der Waals surface area contributed by atoms with E-state index in [0.29, 0.717) is 24.3 Å². The second-order valence-electron chi connectivity index (χ2n) is 6.32. The van der Waals surface area contributed by atoms with Crippen LogP contribution in [-0.4, -0.2) is 59.4 Å². The van der Waals surface area contributed by atoms with Crippen molar-refractivity contribution in [2.75, 3.05) is 44.7 Å². The van der Waals surface area contributed by atoms with Crippen molar-refractivity contribution in [2.24, 2.45) is 0 Å². The molecule has 2 aromatic rings. The number of halogens is 1. The molecule has 0 aliphatic carbocycles. The molecule has 0 unspecified atom stereocenters. The monoisotopic (exact) mass is 346 g/mol. The van der Waals surface area contributed by atoms with Gasteiger partial charge in [0.05, 0.1) is 5.69 Å². The summed E-state index contributed by atoms with van der Waals surface area (Å²) in [7, 11) is 2.05. The van der Waals surface area contributed by atoms with E-state index in [1.165, 1.54) is 16.7 Å². The van der Waals surface area contributed by atoms with Gasteiger partial charge in [0, 0.05) is 44.7 Å². The zero-order valence-electron chi connectivity index (χ0n) is 14.4. The van der Waals surface area contributed by atoms with Crippen molar-refractivity contribution in [2.45, 2.75) is 12.8 Å². The Balaban J connectivity index is 2.02. The highest BCUT2D eigenvalue weighted by Crippen LogP contribution is 2.14. The zero-order valence-corrected chi connectivity index (χ0v) is 14.4. The van der Waals surface area contributed by atoms with E-state index in [9.17, 15) is 9.18 Å². The normalized spacial score (nSPS) is 15.6. The van der Waals surface area contributed by atoms with Crippen LogP contribution in [0.2, 0.25) is 0 Å². The van der Waals surface area contributed by atoms with Crippen LogP contribution in [0.4, 0.5) is 10.2 Å². The van der Waals surface area contributed by atoms with Crippen molar-refractivity contribution in [3.63, 3.8) is 0 Å². The molecule has 1 aliphatic rings. The number of aryl methyl sites for hydroxylation is 1. The maximum atomic E-state index is 13.2. The molecule has 3 rings (SSSR count). The molecule has 0 saturated carbocycles. The number of likely N-dealkylation sites (N-methyl/N-ethyl adjacent to an activating group) is 1. The largest absolute Gasteiger partial charge is 0.396 e. The Morgan fingerprint density at radius 2 is 1.84 bits per heavy atom. The highest BCUT2D eigenvalue weighted by molar-refractivity contribution is 5.42. The average molecular weight is 346 g/mol. The van der Waals surface area contributed by atoms with Crippen LogP contribution < -0.4 is 10.5 Å². The van der Waals surface area contributed by atoms with Gasteiger partial charge in [-0.25, -0.2) is 9.37 Å². The molecular formula is C18H23FN4O2. The summed E-state index contributed by atoms with van der Waals surface area (Å²) in [4.78, 5) is 21.7. The van der Waals surface area contributed by atoms with Gasteiger partial charge < -0.3 is 14.9 Å². The molecule has 0 atom stereocenters. The molecule has 1 N–H and O–H groups in total. The first-order chi connectivity index (χ1) is 12.1. The minimum absolute atomic E-state index is 0.0706. The van der Waals surface area contributed by atoms with E-state index in [-0.39, 0.29) is 18.0 Å². The number of hydrogen-bond acceptors (Lipinski definition) is 5. The van der Waals surface area contributed by atoms with Gasteiger partial charge in [-0.15, -0.1) is 0 Å². The summed E-state index contributed by atoms with van der Waals surface area (Å²) in [6, 6.07) is 5.84. The third kappa shape index (κ3) is 4.05. The lowest BCUT2D eigenvalue weighted by Crippen LogP contribution is -2.47. The first kappa shape index (κ1) is 17.6. The summed E-state index contributed by atoms with van der Waals surface area (Å²) in [6.07, 6.45) is 2.85. The quantitative estimate of drug-likeness (QED) is 0.877. The summed E-state index contributed by atoms with van der Waals surface area (Å²) >= 11 is 0. The van der Waals surface area contributed by atoms with Crippen LogP contribution in [-0.2, 0) is 6.42 Å². The number of piperazine rings is 1. The van der Waals surface area contributed by atoms with Crippen LogP contribution in [0.5, 0.6) is 0 Å². The minimum Gasteiger partial charge on any atom is -0.396 e. The molecule has 0 spiro atoms. The molecule has 6 nitrogen and oxygen atoms in total. The maximum Gasteiger partial charge on any atom is 0.298 e. The van der Waals surface area contributed by atoms with Crippen molar-refractivity contribution in [3.8, 4) is 5.69 Å². The first-order valence-corrected chi connectivity index (χ1v) is 8.51. The molecule has 0 amide bonds. The first-order valence-electron chi connectivity index (χ1n) is 8.51. The zero-order chi connectivity index (χ0) is 17.8. The summed E-state index contributed by atoms with van der Waals surface area (Å²) in [5, 5.41) is 9.09. The Kier molecular flexibility index (Phi) is 5.45. The van der Waals surface area contributed by atoms with E-state index < -0.39 is 0 Å². The van der Waals surface area contributed by atoms with Crippen LogP contribution in [0.3, 0.4) is 0 Å². The number of rotatable bonds is 5. The molecule has 134 valence electrons. The average Bonchev–Trinajstić information content (AvgIpc) is 2.62. The van der Waals surface area contributed by atoms with Crippen LogP contribution in [0, 0.1) is 5.82 Å². The molecule has 25 heavy (non-hydrogen) atoms. The maximum absolute atomic E-state index is 13.2. The standard InChI is InChI=1S/C18H23FN4O2/c1-21-8-10-22(11-9-21)17-18(25)23(13-15(20-17)3-2-12-24)16-6-4-14(19)5-7-16/h4-7,13,24H,2-3,8-12H2,1H3. The second-order valence-corrected chi connectivity index (χ2v) is 6.32. The molecule has 1 aliphatic heterocycles. The molecule has 1 aromatic carbocycles. The highest BCUT2D eigenvalue weighted by atomic mass is 19.1. The number of hydrogen-bond donors (Lipinski definition) is 1. The van der Waals surface area contributed by atoms with Crippen LogP contribution >= 0.6 is 0 Å². The number of aromatic nitrogens is 2. The Morgan fingerprint density at radius 1 is 1.16 bits per heavy atom. The molecule has 1 saturated heterocycles. The van der Waals surface area contributed by atoms with Crippen molar-refractivity contribution in [1.82, 2.24) is 14.5 Å². The smallest absolute Gasteiger partial charge is 0.298 e. The Morgan fingerprint density at radius 3 is 2.48 bits per heavy atom. The van der Waals surface area contributed by atoms with Crippen LogP contribution in [0.1, 0.15) is 12.1 Å². The lowest BCUT2D eigenvalue weighted by Gasteiger charge is -2.33. The van der Waals surface area contributed by atoms with Gasteiger partial charge in [-0.1, -0.05) is 0 Å². The minimum atomic E-state index is -0.342. The van der Waals surface area contributed by atoms with Gasteiger partial charge in [-0.2, -0.15) is 0 Å². The fraction of sp³-hybridized carbons (Fsp3) is 0.444. The second kappa shape index (κ2) is 7.76. The van der Waals surface area contributed by atoms with E-state index in [2.05, 4.69) is 16.9 Å². The molecular weight excluding hydrogens is 323 g/mol. The molecule has 1 fully saturated rings. The van der Waals surface area contributed by atoms with E-state index in [1.807, 2.05) is 4.90 Å². The van der Waals surface area contributed by atoms with Crippen LogP contribution in [0.15, 0.2) is 35.3 Å². The Labute approximate surface area is 146 Å². The molecule has 7 heteroatoms. The van der Waals surface area contributed by atoms with Crippen molar-refractivity contribution < 1.29 is 9.50 Å². The number of aliphatic hydroxyl groups excluding tert-OH is 1. The van der Waals surface area contributed by atoms with E-state index in [0.717, 1.165) is 31.9 Å². The Bertz CT molecular complexity index is 768. The van der Waals surface area contributed by atoms with Crippen LogP contribution in [0.25, 0.3) is 5.69 Å². The lowest BCUT2D eigenvalue weighted by atomic mass is 10.2. The topological polar surface area (TPSA) is 61.6 Å². The lowest BCUT2D eigenvalue weighted by molar-refractivity contribution is 0.288. The molecule has 1 aromatic heterocycles. The Hall–Kier alpha value is -2.25. The van der Waals surface area contributed by atoms with Crippen molar-refractivity contribution in [1.29, 1.82) is 0 Å².